The van der Waals surface area contributed by atoms with Crippen LogP contribution in [0.2, 0.25) is 0 Å². The quantitative estimate of drug-likeness (QED) is 0.217. The van der Waals surface area contributed by atoms with E-state index in [4.69, 9.17) is 17.5 Å². The summed E-state index contributed by atoms with van der Waals surface area (Å²) in [6.07, 6.45) is 3.43. The number of hydrogen-bond donors (Lipinski definition) is 3. The van der Waals surface area contributed by atoms with Crippen molar-refractivity contribution < 1.29 is 27.4 Å². The lowest BCUT2D eigenvalue weighted by molar-refractivity contribution is 0.104. The Morgan fingerprint density at radius 1 is 0.688 bits per heavy atom. The number of carbonyl (C=O) groups excluding carboxylic acids is 1. The predicted molar refractivity (Wildman–Crippen MR) is 126 cm³/mol. The Balaban J connectivity index is 0.000000196. The Bertz CT molecular complexity index is 1250. The normalized spacial score (nSPS) is 10.6. The fraction of sp³-hybridized carbons (Fsp3) is 0. The highest BCUT2D eigenvalue weighted by Crippen LogP contribution is 2.22. The maximum absolute atomic E-state index is 11.7. The van der Waals surface area contributed by atoms with Gasteiger partial charge in [-0.1, -0.05) is 103 Å². The number of ketones is 1. The van der Waals surface area contributed by atoms with E-state index in [0.717, 1.165) is 21.9 Å². The van der Waals surface area contributed by atoms with E-state index in [-0.39, 0.29) is 5.78 Å². The van der Waals surface area contributed by atoms with E-state index in [1.54, 1.807) is 12.1 Å². The fourth-order valence-corrected chi connectivity index (χ4v) is 2.64. The Hall–Kier alpha value is -3.78. The Kier molecular flexibility index (Phi) is 9.31. The first-order valence-corrected chi connectivity index (χ1v) is 10.8. The van der Waals surface area contributed by atoms with Gasteiger partial charge in [0.15, 0.2) is 5.78 Å². The van der Waals surface area contributed by atoms with Crippen molar-refractivity contribution in [2.24, 2.45) is 0 Å². The molecular weight excluding hydrogens is 428 g/mol. The van der Waals surface area contributed by atoms with Crippen molar-refractivity contribution in [2.75, 3.05) is 0 Å². The van der Waals surface area contributed by atoms with Crippen LogP contribution < -0.4 is 0 Å². The molecule has 0 amide bonds. The van der Waals surface area contributed by atoms with Crippen molar-refractivity contribution in [3.63, 3.8) is 0 Å². The second kappa shape index (κ2) is 12.2. The minimum Gasteiger partial charge on any atom is -0.507 e. The number of benzene rings is 4. The number of aromatic hydroxyl groups is 1. The smallest absolute Gasteiger partial charge is 0.394 e. The average Bonchev–Trinajstić information content (AvgIpc) is 2.78. The molecule has 0 spiro atoms. The zero-order valence-electron chi connectivity index (χ0n) is 16.9. The molecule has 0 unspecified atom stereocenters. The minimum absolute atomic E-state index is 0.0319. The molecule has 6 nitrogen and oxygen atoms in total. The van der Waals surface area contributed by atoms with Crippen LogP contribution >= 0.6 is 0 Å². The van der Waals surface area contributed by atoms with E-state index in [1.807, 2.05) is 103 Å². The number of allylic oxidation sites excluding steroid dienone is 1. The lowest BCUT2D eigenvalue weighted by Gasteiger charge is -1.97. The van der Waals surface area contributed by atoms with Crippen molar-refractivity contribution in [2.45, 2.75) is 0 Å². The summed E-state index contributed by atoms with van der Waals surface area (Å²) in [6, 6.07) is 32.3. The van der Waals surface area contributed by atoms with Crippen molar-refractivity contribution >= 4 is 33.0 Å². The van der Waals surface area contributed by atoms with Crippen molar-refractivity contribution in [1.29, 1.82) is 0 Å². The van der Waals surface area contributed by atoms with Crippen LogP contribution in [0.15, 0.2) is 109 Å². The average molecular weight is 451 g/mol. The Labute approximate surface area is 186 Å². The van der Waals surface area contributed by atoms with Gasteiger partial charge in [-0.25, -0.2) is 0 Å². The first-order chi connectivity index (χ1) is 15.2. The van der Waals surface area contributed by atoms with E-state index in [9.17, 15) is 9.90 Å². The zero-order valence-corrected chi connectivity index (χ0v) is 17.8. The van der Waals surface area contributed by atoms with Gasteiger partial charge in [-0.05, 0) is 23.1 Å². The maximum atomic E-state index is 11.7. The summed E-state index contributed by atoms with van der Waals surface area (Å²) in [6.45, 7) is 0. The lowest BCUT2D eigenvalue weighted by Crippen LogP contribution is -1.92. The van der Waals surface area contributed by atoms with E-state index >= 15 is 0 Å². The van der Waals surface area contributed by atoms with Gasteiger partial charge in [-0.3, -0.25) is 13.9 Å². The summed E-state index contributed by atoms with van der Waals surface area (Å²) in [4.78, 5) is 11.7. The third-order valence-electron chi connectivity index (χ3n) is 4.05. The van der Waals surface area contributed by atoms with Gasteiger partial charge in [-0.2, -0.15) is 8.42 Å². The lowest BCUT2D eigenvalue weighted by atomic mass is 10.1. The molecule has 0 heterocycles. The molecule has 0 saturated heterocycles. The van der Waals surface area contributed by atoms with Crippen LogP contribution in [-0.2, 0) is 10.4 Å². The van der Waals surface area contributed by atoms with Gasteiger partial charge >= 0.3 is 10.4 Å². The summed E-state index contributed by atoms with van der Waals surface area (Å²) in [7, 11) is -4.67. The molecule has 0 fully saturated rings. The topological polar surface area (TPSA) is 112 Å². The molecule has 0 aromatic heterocycles. The standard InChI is InChI=1S/C15H12O.C10H8O.H2O4S/c16-15(14-9-5-2-6-10-14)12-11-13-7-3-1-4-8-13;11-10-7-3-5-8-4-1-2-6-9(8)10;1-5(2,3)4/h1-12H;1-7,11H;(H2,1,2,3,4)/b12-11+;;. The molecule has 0 saturated carbocycles. The predicted octanol–water partition coefficient (Wildman–Crippen LogP) is 5.48. The molecule has 0 bridgehead atoms. The van der Waals surface area contributed by atoms with Crippen LogP contribution in [0.25, 0.3) is 16.8 Å². The largest absolute Gasteiger partial charge is 0.507 e. The number of hydrogen-bond acceptors (Lipinski definition) is 4. The molecule has 4 aromatic carbocycles. The van der Waals surface area contributed by atoms with Gasteiger partial charge in [0.1, 0.15) is 5.75 Å². The first kappa shape index (κ1) is 24.5. The van der Waals surface area contributed by atoms with Crippen LogP contribution in [0, 0.1) is 0 Å². The SMILES string of the molecule is O=C(/C=C/c1ccccc1)c1ccccc1.O=S(=O)(O)O.Oc1cccc2ccccc12. The van der Waals surface area contributed by atoms with Gasteiger partial charge < -0.3 is 5.11 Å². The van der Waals surface area contributed by atoms with Gasteiger partial charge in [0.2, 0.25) is 0 Å². The van der Waals surface area contributed by atoms with Gasteiger partial charge in [-0.15, -0.1) is 0 Å². The van der Waals surface area contributed by atoms with Gasteiger partial charge in [0.25, 0.3) is 0 Å². The molecule has 4 rings (SSSR count). The second-order valence-electron chi connectivity index (χ2n) is 6.42. The number of fused-ring (bicyclic) bond motifs is 1. The van der Waals surface area contributed by atoms with E-state index in [2.05, 4.69) is 0 Å². The Morgan fingerprint density at radius 2 is 1.19 bits per heavy atom. The minimum atomic E-state index is -4.67. The number of rotatable bonds is 3. The molecule has 3 N–H and O–H groups in total. The third kappa shape index (κ3) is 9.36. The van der Waals surface area contributed by atoms with E-state index < -0.39 is 10.4 Å². The summed E-state index contributed by atoms with van der Waals surface area (Å²) in [5.74, 6) is 0.382. The van der Waals surface area contributed by atoms with Gasteiger partial charge in [0, 0.05) is 10.9 Å². The highest BCUT2D eigenvalue weighted by molar-refractivity contribution is 7.79. The molecule has 164 valence electrons. The summed E-state index contributed by atoms with van der Waals surface area (Å²) < 4.78 is 31.6. The van der Waals surface area contributed by atoms with Crippen LogP contribution in [-0.4, -0.2) is 28.4 Å². The first-order valence-electron chi connectivity index (χ1n) is 9.43. The van der Waals surface area contributed by atoms with Crippen LogP contribution in [0.5, 0.6) is 5.75 Å². The van der Waals surface area contributed by atoms with Crippen molar-refractivity contribution in [1.82, 2.24) is 0 Å². The van der Waals surface area contributed by atoms with Gasteiger partial charge in [0.05, 0.1) is 0 Å². The van der Waals surface area contributed by atoms with Crippen LogP contribution in [0.1, 0.15) is 15.9 Å². The fourth-order valence-electron chi connectivity index (χ4n) is 2.64. The molecule has 0 atom stereocenters. The summed E-state index contributed by atoms with van der Waals surface area (Å²) in [5.41, 5.74) is 1.75. The molecule has 7 heteroatoms. The number of phenols is 1. The molecule has 4 aromatic rings. The van der Waals surface area contributed by atoms with Crippen molar-refractivity contribution in [3.8, 4) is 5.75 Å². The molecule has 0 aliphatic heterocycles. The van der Waals surface area contributed by atoms with Crippen LogP contribution in [0.4, 0.5) is 0 Å². The molecule has 0 aliphatic carbocycles. The van der Waals surface area contributed by atoms with E-state index in [1.165, 1.54) is 0 Å². The number of carbonyl (C=O) groups is 1. The highest BCUT2D eigenvalue weighted by atomic mass is 32.3. The molecular formula is C25H22O6S. The number of phenolic OH excluding ortho intramolecular Hbond substituents is 1. The molecule has 0 aliphatic rings. The second-order valence-corrected chi connectivity index (χ2v) is 7.32. The maximum Gasteiger partial charge on any atom is 0.394 e. The van der Waals surface area contributed by atoms with Crippen molar-refractivity contribution in [3.05, 3.63) is 120 Å². The summed E-state index contributed by atoms with van der Waals surface area (Å²) in [5, 5.41) is 11.4. The van der Waals surface area contributed by atoms with E-state index in [0.29, 0.717) is 5.75 Å². The Morgan fingerprint density at radius 3 is 1.78 bits per heavy atom. The molecule has 0 radical (unpaired) electrons. The highest BCUT2D eigenvalue weighted by Gasteiger charge is 1.98. The van der Waals surface area contributed by atoms with Crippen LogP contribution in [0.3, 0.4) is 0 Å². The zero-order chi connectivity index (χ0) is 23.4. The third-order valence-corrected chi connectivity index (χ3v) is 4.05. The monoisotopic (exact) mass is 450 g/mol. The summed E-state index contributed by atoms with van der Waals surface area (Å²) >= 11 is 0. The molecule has 32 heavy (non-hydrogen) atoms.